The number of amides is 1. The van der Waals surface area contributed by atoms with E-state index in [0.717, 1.165) is 10.2 Å². The van der Waals surface area contributed by atoms with E-state index in [1.54, 1.807) is 30.3 Å². The van der Waals surface area contributed by atoms with Crippen LogP contribution in [0, 0.1) is 0 Å². The van der Waals surface area contributed by atoms with Gasteiger partial charge in [0.05, 0.1) is 10.6 Å². The van der Waals surface area contributed by atoms with Crippen LogP contribution < -0.4 is 5.32 Å². The van der Waals surface area contributed by atoms with Gasteiger partial charge in [-0.25, -0.2) is 4.99 Å². The summed E-state index contributed by atoms with van der Waals surface area (Å²) in [6, 6.07) is 14.4. The number of nitrogens with zero attached hydrogens (tertiary/aromatic N) is 1. The lowest BCUT2D eigenvalue weighted by Crippen LogP contribution is -2.19. The normalized spacial score (nSPS) is 18.0. The molecule has 2 aromatic rings. The number of nitrogens with one attached hydrogen (secondary N) is 1. The number of hydrogen-bond acceptors (Lipinski definition) is 4. The van der Waals surface area contributed by atoms with Crippen molar-refractivity contribution in [1.82, 2.24) is 5.32 Å². The Labute approximate surface area is 140 Å². The third-order valence-corrected chi connectivity index (χ3v) is 4.32. The molecule has 3 rings (SSSR count). The molecular weight excluding hydrogens is 364 g/mol. The third kappa shape index (κ3) is 3.40. The van der Waals surface area contributed by atoms with Crippen LogP contribution in [-0.2, 0) is 4.79 Å². The molecule has 0 atom stereocenters. The molecule has 0 aliphatic carbocycles. The first-order chi connectivity index (χ1) is 10.6. The SMILES string of the molecule is O=C1NC(=Nc2cccc(Br)c2)S/C1=C\c1ccccc1O. The fourth-order valence-electron chi connectivity index (χ4n) is 1.89. The molecule has 1 aliphatic rings. The Morgan fingerprint density at radius 1 is 1.18 bits per heavy atom. The van der Waals surface area contributed by atoms with Crippen molar-refractivity contribution in [3.05, 3.63) is 63.5 Å². The Bertz CT molecular complexity index is 802. The molecule has 0 radical (unpaired) electrons. The first-order valence-electron chi connectivity index (χ1n) is 6.45. The van der Waals surface area contributed by atoms with Crippen molar-refractivity contribution in [3.8, 4) is 5.75 Å². The molecule has 0 bridgehead atoms. The van der Waals surface area contributed by atoms with E-state index < -0.39 is 0 Å². The largest absolute Gasteiger partial charge is 0.507 e. The van der Waals surface area contributed by atoms with Crippen LogP contribution >= 0.6 is 27.7 Å². The monoisotopic (exact) mass is 374 g/mol. The minimum Gasteiger partial charge on any atom is -0.507 e. The van der Waals surface area contributed by atoms with Gasteiger partial charge in [0.1, 0.15) is 5.75 Å². The van der Waals surface area contributed by atoms with E-state index in [2.05, 4.69) is 26.2 Å². The zero-order valence-electron chi connectivity index (χ0n) is 11.3. The number of halogens is 1. The van der Waals surface area contributed by atoms with E-state index in [1.807, 2.05) is 24.3 Å². The predicted molar refractivity (Wildman–Crippen MR) is 93.1 cm³/mol. The van der Waals surface area contributed by atoms with Crippen LogP contribution in [0.2, 0.25) is 0 Å². The van der Waals surface area contributed by atoms with E-state index >= 15 is 0 Å². The highest BCUT2D eigenvalue weighted by Crippen LogP contribution is 2.30. The molecule has 1 fully saturated rings. The smallest absolute Gasteiger partial charge is 0.264 e. The van der Waals surface area contributed by atoms with E-state index in [1.165, 1.54) is 11.8 Å². The molecule has 22 heavy (non-hydrogen) atoms. The zero-order chi connectivity index (χ0) is 15.5. The molecule has 0 saturated carbocycles. The summed E-state index contributed by atoms with van der Waals surface area (Å²) in [4.78, 5) is 16.9. The number of benzene rings is 2. The van der Waals surface area contributed by atoms with Gasteiger partial charge in [0.2, 0.25) is 0 Å². The molecule has 0 unspecified atom stereocenters. The van der Waals surface area contributed by atoms with Gasteiger partial charge in [-0.05, 0) is 42.1 Å². The van der Waals surface area contributed by atoms with Gasteiger partial charge in [-0.15, -0.1) is 0 Å². The highest BCUT2D eigenvalue weighted by atomic mass is 79.9. The number of aromatic hydroxyl groups is 1. The van der Waals surface area contributed by atoms with Gasteiger partial charge in [-0.3, -0.25) is 4.79 Å². The molecule has 0 aromatic heterocycles. The summed E-state index contributed by atoms with van der Waals surface area (Å²) in [5, 5.41) is 13.0. The number of aliphatic imine (C=N–C) groups is 1. The summed E-state index contributed by atoms with van der Waals surface area (Å²) >= 11 is 4.63. The maximum absolute atomic E-state index is 12.0. The van der Waals surface area contributed by atoms with Gasteiger partial charge in [-0.2, -0.15) is 0 Å². The summed E-state index contributed by atoms with van der Waals surface area (Å²) in [6.07, 6.45) is 1.65. The molecule has 2 N–H and O–H groups in total. The maximum atomic E-state index is 12.0. The van der Waals surface area contributed by atoms with E-state index in [9.17, 15) is 9.90 Å². The number of amidine groups is 1. The second-order valence-electron chi connectivity index (χ2n) is 4.52. The van der Waals surface area contributed by atoms with Crippen LogP contribution in [0.3, 0.4) is 0 Å². The van der Waals surface area contributed by atoms with Gasteiger partial charge in [-0.1, -0.05) is 40.2 Å². The Balaban J connectivity index is 1.86. The highest BCUT2D eigenvalue weighted by molar-refractivity contribution is 9.10. The fraction of sp³-hybridized carbons (Fsp3) is 0. The molecule has 110 valence electrons. The van der Waals surface area contributed by atoms with Gasteiger partial charge in [0.15, 0.2) is 5.17 Å². The molecule has 0 spiro atoms. The standard InChI is InChI=1S/C16H11BrN2O2S/c17-11-5-3-6-12(9-11)18-16-19-15(21)14(22-16)8-10-4-1-2-7-13(10)20/h1-9,20H,(H,18,19,21)/b14-8-. The molecular formula is C16H11BrN2O2S. The number of rotatable bonds is 2. The predicted octanol–water partition coefficient (Wildman–Crippen LogP) is 4.05. The summed E-state index contributed by atoms with van der Waals surface area (Å²) in [6.45, 7) is 0. The van der Waals surface area contributed by atoms with Crippen molar-refractivity contribution < 1.29 is 9.90 Å². The number of para-hydroxylation sites is 1. The number of carbonyl (C=O) groups is 1. The lowest BCUT2D eigenvalue weighted by Gasteiger charge is -1.98. The van der Waals surface area contributed by atoms with E-state index in [-0.39, 0.29) is 11.7 Å². The van der Waals surface area contributed by atoms with Crippen molar-refractivity contribution >= 4 is 50.5 Å². The Hall–Kier alpha value is -2.05. The van der Waals surface area contributed by atoms with Crippen molar-refractivity contribution in [2.45, 2.75) is 0 Å². The van der Waals surface area contributed by atoms with E-state index in [0.29, 0.717) is 15.6 Å². The molecule has 1 amide bonds. The lowest BCUT2D eigenvalue weighted by molar-refractivity contribution is -0.115. The Morgan fingerprint density at radius 2 is 2.00 bits per heavy atom. The quantitative estimate of drug-likeness (QED) is 0.779. The third-order valence-electron chi connectivity index (χ3n) is 2.91. The van der Waals surface area contributed by atoms with Crippen molar-refractivity contribution in [2.24, 2.45) is 4.99 Å². The van der Waals surface area contributed by atoms with Gasteiger partial charge in [0.25, 0.3) is 5.91 Å². The van der Waals surface area contributed by atoms with Crippen molar-refractivity contribution in [1.29, 1.82) is 0 Å². The van der Waals surface area contributed by atoms with Crippen molar-refractivity contribution in [3.63, 3.8) is 0 Å². The van der Waals surface area contributed by atoms with Crippen molar-refractivity contribution in [2.75, 3.05) is 0 Å². The second kappa shape index (κ2) is 6.37. The maximum Gasteiger partial charge on any atom is 0.264 e. The van der Waals surface area contributed by atoms with Gasteiger partial charge in [0, 0.05) is 10.0 Å². The van der Waals surface area contributed by atoms with Crippen LogP contribution in [0.5, 0.6) is 5.75 Å². The minimum absolute atomic E-state index is 0.140. The van der Waals surface area contributed by atoms with E-state index in [4.69, 9.17) is 0 Å². The number of hydrogen-bond donors (Lipinski definition) is 2. The first-order valence-corrected chi connectivity index (χ1v) is 8.06. The van der Waals surface area contributed by atoms with Crippen LogP contribution in [0.4, 0.5) is 5.69 Å². The molecule has 1 heterocycles. The van der Waals surface area contributed by atoms with Gasteiger partial charge < -0.3 is 10.4 Å². The van der Waals surface area contributed by atoms with Crippen LogP contribution in [0.15, 0.2) is 62.9 Å². The molecule has 6 heteroatoms. The summed E-state index contributed by atoms with van der Waals surface area (Å²) in [7, 11) is 0. The van der Waals surface area contributed by atoms with Gasteiger partial charge >= 0.3 is 0 Å². The first kappa shape index (κ1) is 14.9. The van der Waals surface area contributed by atoms with Crippen LogP contribution in [0.25, 0.3) is 6.08 Å². The average molecular weight is 375 g/mol. The molecule has 4 nitrogen and oxygen atoms in total. The topological polar surface area (TPSA) is 61.7 Å². The Kier molecular flexibility index (Phi) is 4.31. The number of phenols is 1. The summed E-state index contributed by atoms with van der Waals surface area (Å²) in [5.74, 6) is -0.0808. The fourth-order valence-corrected chi connectivity index (χ4v) is 3.11. The number of carbonyl (C=O) groups excluding carboxylic acids is 1. The minimum atomic E-state index is -0.220. The zero-order valence-corrected chi connectivity index (χ0v) is 13.7. The molecule has 1 saturated heterocycles. The summed E-state index contributed by atoms with van der Waals surface area (Å²) < 4.78 is 0.925. The number of thioether (sulfide) groups is 1. The average Bonchev–Trinajstić information content (AvgIpc) is 2.81. The Morgan fingerprint density at radius 3 is 2.77 bits per heavy atom. The lowest BCUT2D eigenvalue weighted by atomic mass is 10.2. The molecule has 2 aromatic carbocycles. The number of phenolic OH excluding ortho intramolecular Hbond substituents is 1. The molecule has 1 aliphatic heterocycles. The van der Waals surface area contributed by atoms with Crippen LogP contribution in [0.1, 0.15) is 5.56 Å². The summed E-state index contributed by atoms with van der Waals surface area (Å²) in [5.41, 5.74) is 1.35. The second-order valence-corrected chi connectivity index (χ2v) is 6.47. The highest BCUT2D eigenvalue weighted by Gasteiger charge is 2.24. The van der Waals surface area contributed by atoms with Crippen LogP contribution in [-0.4, -0.2) is 16.2 Å².